The molecule has 0 aromatic carbocycles. The van der Waals surface area contributed by atoms with Crippen LogP contribution in [0, 0.1) is 13.8 Å². The maximum atomic E-state index is 12.6. The number of likely N-dealkylation sites (N-methyl/N-ethyl adjacent to an activating group) is 1. The molecule has 0 aliphatic rings. The van der Waals surface area contributed by atoms with Crippen molar-refractivity contribution >= 4 is 22.2 Å². The zero-order chi connectivity index (χ0) is 15.7. The second-order valence-electron chi connectivity index (χ2n) is 5.21. The Balaban J connectivity index is 1.75. The second-order valence-corrected chi connectivity index (χ2v) is 6.19. The van der Waals surface area contributed by atoms with Gasteiger partial charge in [0.2, 0.25) is 4.96 Å². The molecule has 0 N–H and O–H groups in total. The van der Waals surface area contributed by atoms with Crippen molar-refractivity contribution in [1.29, 1.82) is 0 Å². The van der Waals surface area contributed by atoms with Gasteiger partial charge in [-0.2, -0.15) is 0 Å². The topological polar surface area (TPSA) is 63.4 Å². The van der Waals surface area contributed by atoms with Crippen molar-refractivity contribution in [3.05, 3.63) is 46.5 Å². The summed E-state index contributed by atoms with van der Waals surface area (Å²) in [5, 5.41) is 8.12. The first-order valence-electron chi connectivity index (χ1n) is 7.03. The van der Waals surface area contributed by atoms with Gasteiger partial charge in [-0.3, -0.25) is 14.2 Å². The highest BCUT2D eigenvalue weighted by Gasteiger charge is 2.21. The number of aromatic nitrogens is 4. The van der Waals surface area contributed by atoms with Crippen molar-refractivity contribution < 1.29 is 4.79 Å². The molecule has 1 amide bonds. The summed E-state index contributed by atoms with van der Waals surface area (Å²) >= 11 is 1.39. The maximum Gasteiger partial charge on any atom is 0.265 e. The van der Waals surface area contributed by atoms with Gasteiger partial charge in [0, 0.05) is 31.7 Å². The molecule has 3 rings (SSSR count). The molecule has 3 aromatic rings. The third-order valence-corrected chi connectivity index (χ3v) is 4.80. The van der Waals surface area contributed by atoms with Crippen LogP contribution < -0.4 is 0 Å². The normalized spacial score (nSPS) is 11.0. The van der Waals surface area contributed by atoms with E-state index in [-0.39, 0.29) is 5.91 Å². The summed E-state index contributed by atoms with van der Waals surface area (Å²) in [5.41, 5.74) is 2.08. The molecule has 3 heterocycles. The predicted molar refractivity (Wildman–Crippen MR) is 85.2 cm³/mol. The molecule has 0 atom stereocenters. The Hall–Kier alpha value is -2.28. The van der Waals surface area contributed by atoms with Gasteiger partial charge in [-0.05, 0) is 38.0 Å². The summed E-state index contributed by atoms with van der Waals surface area (Å²) in [5.74, 6) is 0.837. The molecule has 0 saturated carbocycles. The molecule has 0 radical (unpaired) electrons. The summed E-state index contributed by atoms with van der Waals surface area (Å²) in [6, 6.07) is 3.94. The molecule has 0 spiro atoms. The van der Waals surface area contributed by atoms with E-state index >= 15 is 0 Å². The fourth-order valence-corrected chi connectivity index (χ4v) is 3.49. The van der Waals surface area contributed by atoms with Crippen LogP contribution in [0.2, 0.25) is 0 Å². The van der Waals surface area contributed by atoms with Crippen molar-refractivity contribution in [3.63, 3.8) is 0 Å². The first-order valence-corrected chi connectivity index (χ1v) is 7.85. The van der Waals surface area contributed by atoms with Gasteiger partial charge in [0.05, 0.1) is 0 Å². The number of carbonyl (C=O) groups excluding carboxylic acids is 1. The average molecular weight is 315 g/mol. The number of hydrogen-bond acceptors (Lipinski definition) is 5. The van der Waals surface area contributed by atoms with E-state index < -0.39 is 0 Å². The highest BCUT2D eigenvalue weighted by molar-refractivity contribution is 7.19. The van der Waals surface area contributed by atoms with E-state index in [1.807, 2.05) is 37.4 Å². The van der Waals surface area contributed by atoms with E-state index in [1.165, 1.54) is 16.9 Å². The van der Waals surface area contributed by atoms with Crippen LogP contribution in [0.4, 0.5) is 0 Å². The molecule has 0 unspecified atom stereocenters. The minimum Gasteiger partial charge on any atom is -0.341 e. The Morgan fingerprint density at radius 3 is 2.68 bits per heavy atom. The zero-order valence-corrected chi connectivity index (χ0v) is 13.6. The molecule has 22 heavy (non-hydrogen) atoms. The lowest BCUT2D eigenvalue weighted by atomic mass is 10.2. The molecule has 0 fully saturated rings. The van der Waals surface area contributed by atoms with Crippen LogP contribution in [-0.2, 0) is 6.42 Å². The van der Waals surface area contributed by atoms with Crippen LogP contribution in [0.15, 0.2) is 24.5 Å². The number of fused-ring (bicyclic) bond motifs is 1. The zero-order valence-electron chi connectivity index (χ0n) is 12.8. The first kappa shape index (κ1) is 14.6. The predicted octanol–water partition coefficient (Wildman–Crippen LogP) is 2.12. The number of rotatable bonds is 4. The monoisotopic (exact) mass is 315 g/mol. The lowest BCUT2D eigenvalue weighted by molar-refractivity contribution is 0.0800. The SMILES string of the molecule is Cc1nnc2sc(C(=O)N(C)CCc3ccncc3)c(C)n12. The largest absolute Gasteiger partial charge is 0.341 e. The summed E-state index contributed by atoms with van der Waals surface area (Å²) < 4.78 is 1.93. The van der Waals surface area contributed by atoms with Crippen LogP contribution >= 0.6 is 11.3 Å². The van der Waals surface area contributed by atoms with Crippen LogP contribution in [0.3, 0.4) is 0 Å². The summed E-state index contributed by atoms with van der Waals surface area (Å²) in [6.45, 7) is 4.49. The van der Waals surface area contributed by atoms with Crippen LogP contribution in [0.5, 0.6) is 0 Å². The minimum absolute atomic E-state index is 0.0291. The summed E-state index contributed by atoms with van der Waals surface area (Å²) in [4.78, 5) is 19.9. The molecular weight excluding hydrogens is 298 g/mol. The molecule has 3 aromatic heterocycles. The van der Waals surface area contributed by atoms with Gasteiger partial charge >= 0.3 is 0 Å². The van der Waals surface area contributed by atoms with Crippen molar-refractivity contribution in [2.75, 3.05) is 13.6 Å². The molecule has 0 saturated heterocycles. The highest BCUT2D eigenvalue weighted by Crippen LogP contribution is 2.23. The fourth-order valence-electron chi connectivity index (χ4n) is 2.38. The van der Waals surface area contributed by atoms with Crippen molar-refractivity contribution in [1.82, 2.24) is 24.5 Å². The van der Waals surface area contributed by atoms with E-state index in [0.29, 0.717) is 6.54 Å². The molecule has 0 aliphatic heterocycles. The molecule has 114 valence electrons. The quantitative estimate of drug-likeness (QED) is 0.740. The number of carbonyl (C=O) groups is 1. The molecular formula is C15H17N5OS. The second kappa shape index (κ2) is 5.84. The summed E-state index contributed by atoms with van der Waals surface area (Å²) in [7, 11) is 1.83. The first-order chi connectivity index (χ1) is 10.6. The van der Waals surface area contributed by atoms with Crippen molar-refractivity contribution in [2.24, 2.45) is 0 Å². The van der Waals surface area contributed by atoms with Gasteiger partial charge < -0.3 is 4.90 Å². The third kappa shape index (κ3) is 2.59. The van der Waals surface area contributed by atoms with E-state index in [2.05, 4.69) is 15.2 Å². The third-order valence-electron chi connectivity index (χ3n) is 3.68. The van der Waals surface area contributed by atoms with Crippen molar-refractivity contribution in [2.45, 2.75) is 20.3 Å². The van der Waals surface area contributed by atoms with Gasteiger partial charge in [0.25, 0.3) is 5.91 Å². The van der Waals surface area contributed by atoms with E-state index in [9.17, 15) is 4.79 Å². The fraction of sp³-hybridized carbons (Fsp3) is 0.333. The van der Waals surface area contributed by atoms with Crippen molar-refractivity contribution in [3.8, 4) is 0 Å². The Morgan fingerprint density at radius 1 is 1.27 bits per heavy atom. The van der Waals surface area contributed by atoms with Crippen LogP contribution in [0.1, 0.15) is 26.8 Å². The standard InChI is InChI=1S/C15H17N5OS/c1-10-13(22-15-18-17-11(2)20(10)15)14(21)19(3)9-6-12-4-7-16-8-5-12/h4-5,7-8H,6,9H2,1-3H3. The molecule has 7 heteroatoms. The van der Waals surface area contributed by atoms with Crippen LogP contribution in [-0.4, -0.2) is 44.0 Å². The number of aryl methyl sites for hydroxylation is 2. The minimum atomic E-state index is 0.0291. The van der Waals surface area contributed by atoms with Gasteiger partial charge in [-0.1, -0.05) is 11.3 Å². The Morgan fingerprint density at radius 2 is 2.00 bits per heavy atom. The Labute approximate surface area is 132 Å². The van der Waals surface area contributed by atoms with Gasteiger partial charge in [-0.15, -0.1) is 10.2 Å². The Kier molecular flexibility index (Phi) is 3.89. The number of amides is 1. The number of pyridine rings is 1. The number of hydrogen-bond donors (Lipinski definition) is 0. The Bertz CT molecular complexity index is 808. The van der Waals surface area contributed by atoms with Gasteiger partial charge in [-0.25, -0.2) is 0 Å². The molecule has 0 bridgehead atoms. The maximum absolute atomic E-state index is 12.6. The van der Waals surface area contributed by atoms with Gasteiger partial charge in [0.1, 0.15) is 10.7 Å². The number of thiazole rings is 1. The van der Waals surface area contributed by atoms with E-state index in [0.717, 1.165) is 27.8 Å². The number of nitrogens with zero attached hydrogens (tertiary/aromatic N) is 5. The van der Waals surface area contributed by atoms with E-state index in [4.69, 9.17) is 0 Å². The lowest BCUT2D eigenvalue weighted by Gasteiger charge is -2.16. The average Bonchev–Trinajstić information content (AvgIpc) is 3.06. The van der Waals surface area contributed by atoms with Gasteiger partial charge in [0.15, 0.2) is 0 Å². The molecule has 0 aliphatic carbocycles. The highest BCUT2D eigenvalue weighted by atomic mass is 32.1. The molecule has 6 nitrogen and oxygen atoms in total. The van der Waals surface area contributed by atoms with Crippen LogP contribution in [0.25, 0.3) is 4.96 Å². The smallest absolute Gasteiger partial charge is 0.265 e. The lowest BCUT2D eigenvalue weighted by Crippen LogP contribution is -2.28. The van der Waals surface area contributed by atoms with E-state index in [1.54, 1.807) is 17.3 Å². The summed E-state index contributed by atoms with van der Waals surface area (Å²) in [6.07, 6.45) is 4.35.